The van der Waals surface area contributed by atoms with E-state index >= 15 is 0 Å². The molecule has 4 amide bonds. The van der Waals surface area contributed by atoms with E-state index in [0.717, 1.165) is 4.90 Å². The maximum Gasteiger partial charge on any atom is 0.335 e. The molecule has 2 aliphatic rings. The molecule has 0 atom stereocenters. The number of ketones is 1. The smallest absolute Gasteiger partial charge is 0.335 e. The normalized spacial score (nSPS) is 13.4. The lowest BCUT2D eigenvalue weighted by Gasteiger charge is -2.12. The molecule has 0 unspecified atom stereocenters. The number of rotatable bonds is 70. The van der Waals surface area contributed by atoms with Crippen molar-refractivity contribution in [1.82, 2.24) is 9.96 Å². The number of imide groups is 2. The van der Waals surface area contributed by atoms with Crippen molar-refractivity contribution in [1.29, 1.82) is 0 Å². The predicted octanol–water partition coefficient (Wildman–Crippen LogP) is -1.04. The molecular weight excluding hydrogens is 1180 g/mol. The summed E-state index contributed by atoms with van der Waals surface area (Å²) in [7, 11) is 0. The van der Waals surface area contributed by atoms with E-state index in [9.17, 15) is 28.8 Å². The summed E-state index contributed by atoms with van der Waals surface area (Å²) in [6.45, 7) is 3.16. The van der Waals surface area contributed by atoms with Gasteiger partial charge in [0.1, 0.15) is 191 Å². The van der Waals surface area contributed by atoms with Crippen LogP contribution in [0.4, 0.5) is 0 Å². The van der Waals surface area contributed by atoms with Gasteiger partial charge in [0.25, 0.3) is 23.6 Å². The Morgan fingerprint density at radius 3 is 0.779 bits per heavy atom. The Balaban J connectivity index is 1.10. The van der Waals surface area contributed by atoms with Gasteiger partial charge in [-0.1, -0.05) is 0 Å². The topological polar surface area (TPSA) is 395 Å². The van der Waals surface area contributed by atoms with Crippen LogP contribution < -0.4 is 0 Å². The molecule has 0 spiro atoms. The van der Waals surface area contributed by atoms with Crippen LogP contribution in [0.15, 0.2) is 12.2 Å². The summed E-state index contributed by atoms with van der Waals surface area (Å²) in [4.78, 5) is 212. The van der Waals surface area contributed by atoms with Gasteiger partial charge in [-0.15, -0.1) is 5.06 Å². The Morgan fingerprint density at radius 2 is 0.523 bits per heavy atom. The number of carbonyl (C=O) groups is 6. The van der Waals surface area contributed by atoms with Crippen LogP contribution in [0.1, 0.15) is 38.5 Å². The molecule has 0 saturated carbocycles. The van der Waals surface area contributed by atoms with Crippen LogP contribution in [0.2, 0.25) is 0 Å². The Morgan fingerprint density at radius 1 is 0.291 bits per heavy atom. The fourth-order valence-corrected chi connectivity index (χ4v) is 5.27. The minimum Gasteiger partial charge on any atom is -0.379 e. The van der Waals surface area contributed by atoms with Gasteiger partial charge in [-0.2, -0.15) is 0 Å². The zero-order chi connectivity index (χ0) is 61.5. The average molecular weight is 1270 g/mol. The van der Waals surface area contributed by atoms with Gasteiger partial charge in [-0.3, -0.25) is 28.9 Å². The summed E-state index contributed by atoms with van der Waals surface area (Å²) in [5, 5.41) is 0.477. The number of carbonyl (C=O) groups excluding carboxylic acids is 6. The lowest BCUT2D eigenvalue weighted by Crippen LogP contribution is -2.32. The van der Waals surface area contributed by atoms with Crippen molar-refractivity contribution in [3.63, 3.8) is 0 Å². The molecule has 0 aromatic heterocycles. The van der Waals surface area contributed by atoms with Crippen LogP contribution in [0.25, 0.3) is 0 Å². The van der Waals surface area contributed by atoms with Gasteiger partial charge in [0.2, 0.25) is 0 Å². The predicted molar refractivity (Wildman–Crippen MR) is 265 cm³/mol. The highest BCUT2D eigenvalue weighted by molar-refractivity contribution is 6.13. The Kier molecular flexibility index (Phi) is 55.6. The number of Topliss-reactive ketones (excluding diaryl/α,β-unsaturated/α-hetero) is 1. The molecule has 2 aliphatic heterocycles. The van der Waals surface area contributed by atoms with Gasteiger partial charge in [0.05, 0.1) is 26.2 Å². The second-order valence-electron chi connectivity index (χ2n) is 15.6. The Labute approximate surface area is 493 Å². The van der Waals surface area contributed by atoms with E-state index in [1.165, 1.54) is 12.2 Å². The average Bonchev–Trinajstić information content (AvgIpc) is 4.02. The first kappa shape index (κ1) is 78.1. The molecule has 0 aromatic carbocycles. The third kappa shape index (κ3) is 50.9. The van der Waals surface area contributed by atoms with Crippen molar-refractivity contribution in [3.8, 4) is 0 Å². The van der Waals surface area contributed by atoms with E-state index in [2.05, 4.69) is 0 Å². The number of ether oxygens (including phenoxy) is 2. The number of nitrogens with zero attached hydrogens (tertiary/aromatic N) is 2. The van der Waals surface area contributed by atoms with E-state index in [-0.39, 0.29) is 249 Å². The number of amides is 4. The van der Waals surface area contributed by atoms with E-state index in [1.807, 2.05) is 0 Å². The standard InChI is InChI=1S/C47H80N2O37/c50-42(7-9-48-43(51)3-4-44(48)52)2-1-10-56-12-14-58-60-16-18-62-64-20-22-66-68-24-26-70-72-28-30-74-76-32-34-78-80-36-38-82-84-40-41-85-83-39-37-81-79-35-33-77-75-31-29-73-71-27-25-69-67-23-21-65-63-19-17-61-59-15-13-57-11-8-47(55)86-49-45(53)5-6-46(49)54/h3-4H,1-2,5-41H2. The van der Waals surface area contributed by atoms with Gasteiger partial charge in [0.15, 0.2) is 0 Å². The Bertz CT molecular complexity index is 1640. The second kappa shape index (κ2) is 61.2. The zero-order valence-corrected chi connectivity index (χ0v) is 47.7. The maximum atomic E-state index is 11.9. The fourth-order valence-electron chi connectivity index (χ4n) is 5.27. The summed E-state index contributed by atoms with van der Waals surface area (Å²) in [6.07, 6.45) is 3.17. The van der Waals surface area contributed by atoms with Crippen molar-refractivity contribution in [2.75, 3.05) is 218 Å². The van der Waals surface area contributed by atoms with Gasteiger partial charge in [-0.05, 0) is 6.42 Å². The minimum atomic E-state index is -0.759. The van der Waals surface area contributed by atoms with Gasteiger partial charge in [-0.25, -0.2) is 142 Å². The molecule has 0 aromatic rings. The molecule has 39 nitrogen and oxygen atoms in total. The maximum absolute atomic E-state index is 11.9. The van der Waals surface area contributed by atoms with Crippen LogP contribution >= 0.6 is 0 Å². The van der Waals surface area contributed by atoms with Crippen LogP contribution in [-0.4, -0.2) is 263 Å². The van der Waals surface area contributed by atoms with E-state index in [4.69, 9.17) is 151 Å². The van der Waals surface area contributed by atoms with Crippen molar-refractivity contribution in [2.24, 2.45) is 0 Å². The number of hydrogen-bond donors (Lipinski definition) is 0. The molecule has 2 heterocycles. The minimum absolute atomic E-state index is 0.00480. The molecule has 0 N–H and O–H groups in total. The molecular formula is C47H80N2O37. The third-order valence-corrected chi connectivity index (χ3v) is 8.95. The first-order valence-corrected chi connectivity index (χ1v) is 27.1. The molecule has 0 bridgehead atoms. The second-order valence-corrected chi connectivity index (χ2v) is 15.6. The first-order valence-electron chi connectivity index (χ1n) is 27.1. The zero-order valence-electron chi connectivity index (χ0n) is 47.7. The van der Waals surface area contributed by atoms with E-state index < -0.39 is 29.6 Å². The molecule has 500 valence electrons. The highest BCUT2D eigenvalue weighted by Gasteiger charge is 2.32. The third-order valence-electron chi connectivity index (χ3n) is 8.95. The largest absolute Gasteiger partial charge is 0.379 e. The molecule has 86 heavy (non-hydrogen) atoms. The first-order chi connectivity index (χ1) is 42.4. The van der Waals surface area contributed by atoms with Crippen molar-refractivity contribution in [3.05, 3.63) is 12.2 Å². The highest BCUT2D eigenvalue weighted by atomic mass is 17.3. The van der Waals surface area contributed by atoms with E-state index in [0.29, 0.717) is 18.1 Å². The van der Waals surface area contributed by atoms with Gasteiger partial charge < -0.3 is 14.3 Å². The fraction of sp³-hybridized carbons (Fsp3) is 0.830. The summed E-state index contributed by atoms with van der Waals surface area (Å²) in [5.41, 5.74) is 0. The van der Waals surface area contributed by atoms with Crippen molar-refractivity contribution < 1.29 is 180 Å². The molecule has 39 heteroatoms. The van der Waals surface area contributed by atoms with Crippen LogP contribution in [0.5, 0.6) is 0 Å². The van der Waals surface area contributed by atoms with Crippen LogP contribution in [0.3, 0.4) is 0 Å². The van der Waals surface area contributed by atoms with Crippen LogP contribution in [-0.2, 0) is 180 Å². The van der Waals surface area contributed by atoms with Crippen molar-refractivity contribution >= 4 is 35.4 Å². The van der Waals surface area contributed by atoms with Gasteiger partial charge in [0, 0.05) is 51.0 Å². The molecule has 1 fully saturated rings. The van der Waals surface area contributed by atoms with Gasteiger partial charge >= 0.3 is 5.97 Å². The highest BCUT2D eigenvalue weighted by Crippen LogP contribution is 2.13. The summed E-state index contributed by atoms with van der Waals surface area (Å²) in [5.74, 6) is -2.72. The molecule has 0 aliphatic carbocycles. The number of hydrogen-bond acceptors (Lipinski definition) is 37. The molecule has 2 rings (SSSR count). The Hall–Kier alpha value is -4.04. The lowest BCUT2D eigenvalue weighted by atomic mass is 10.1. The molecule has 1 saturated heterocycles. The number of hydroxylamine groups is 2. The van der Waals surface area contributed by atoms with Crippen LogP contribution in [0, 0.1) is 0 Å². The summed E-state index contributed by atoms with van der Waals surface area (Å²) >= 11 is 0. The molecule has 0 radical (unpaired) electrons. The van der Waals surface area contributed by atoms with E-state index in [1.54, 1.807) is 0 Å². The lowest BCUT2D eigenvalue weighted by molar-refractivity contribution is -0.381. The summed E-state index contributed by atoms with van der Waals surface area (Å²) < 4.78 is 10.6. The van der Waals surface area contributed by atoms with Crippen molar-refractivity contribution in [2.45, 2.75) is 38.5 Å². The quantitative estimate of drug-likeness (QED) is 0.0304. The SMILES string of the molecule is O=C(CCCOCCOOCCOOCCOOCCOOCCOOCCOOCCOOCCOOCCOOCCOOCCOOCCOOCCOOCCOOCCOCCC(=O)ON1C(=O)CCC1=O)CCN1C(=O)C=CC1=O. The summed E-state index contributed by atoms with van der Waals surface area (Å²) in [6, 6.07) is 0. The monoisotopic (exact) mass is 1260 g/mol.